The molecular formula is C12H18N2O5S2. The molecule has 2 N–H and O–H groups in total. The molecule has 0 bridgehead atoms. The Labute approximate surface area is 127 Å². The Morgan fingerprint density at radius 1 is 1.62 bits per heavy atom. The fourth-order valence-electron chi connectivity index (χ4n) is 1.91. The molecule has 0 spiro atoms. The van der Waals surface area contributed by atoms with Crippen LogP contribution in [0.4, 0.5) is 0 Å². The van der Waals surface area contributed by atoms with Crippen LogP contribution in [0.25, 0.3) is 0 Å². The number of nitrogens with zero attached hydrogens (tertiary/aromatic N) is 1. The topological polar surface area (TPSA) is 95.9 Å². The average Bonchev–Trinajstić information content (AvgIpc) is 3.08. The predicted molar refractivity (Wildman–Crippen MR) is 77.5 cm³/mol. The molecule has 1 saturated heterocycles. The maximum Gasteiger partial charge on any atom is 0.252 e. The largest absolute Gasteiger partial charge is 0.386 e. The summed E-state index contributed by atoms with van der Waals surface area (Å²) in [5, 5.41) is 14.2. The summed E-state index contributed by atoms with van der Waals surface area (Å²) in [4.78, 5) is 11.8. The number of sulfonamides is 1. The highest BCUT2D eigenvalue weighted by molar-refractivity contribution is 7.91. The van der Waals surface area contributed by atoms with E-state index < -0.39 is 21.5 Å². The zero-order valence-electron chi connectivity index (χ0n) is 11.6. The molecule has 1 unspecified atom stereocenters. The Balaban J connectivity index is 1.87. The van der Waals surface area contributed by atoms with Gasteiger partial charge in [0.2, 0.25) is 5.91 Å². The molecule has 9 heteroatoms. The van der Waals surface area contributed by atoms with E-state index in [4.69, 9.17) is 4.74 Å². The summed E-state index contributed by atoms with van der Waals surface area (Å²) in [6.45, 7) is 0.394. The summed E-state index contributed by atoms with van der Waals surface area (Å²) in [5.41, 5.74) is -1.05. The number of carbonyl (C=O) groups is 1. The third-order valence-corrected chi connectivity index (χ3v) is 6.40. The van der Waals surface area contributed by atoms with Gasteiger partial charge in [0, 0.05) is 26.6 Å². The minimum atomic E-state index is -3.64. The van der Waals surface area contributed by atoms with E-state index >= 15 is 0 Å². The second kappa shape index (κ2) is 6.41. The van der Waals surface area contributed by atoms with Crippen molar-refractivity contribution in [1.29, 1.82) is 0 Å². The Morgan fingerprint density at radius 2 is 2.38 bits per heavy atom. The Hall–Kier alpha value is -1.00. The third kappa shape index (κ3) is 4.01. The van der Waals surface area contributed by atoms with Crippen molar-refractivity contribution in [1.82, 2.24) is 9.62 Å². The van der Waals surface area contributed by atoms with Crippen LogP contribution in [0.2, 0.25) is 0 Å². The number of aliphatic hydroxyl groups is 1. The van der Waals surface area contributed by atoms with Crippen LogP contribution in [0.15, 0.2) is 21.7 Å². The molecule has 1 atom stereocenters. The molecule has 1 aromatic rings. The molecule has 1 aliphatic rings. The van der Waals surface area contributed by atoms with Crippen LogP contribution in [0.1, 0.15) is 6.42 Å². The number of amides is 1. The van der Waals surface area contributed by atoms with E-state index in [-0.39, 0.29) is 23.9 Å². The van der Waals surface area contributed by atoms with Crippen LogP contribution in [0, 0.1) is 0 Å². The van der Waals surface area contributed by atoms with Gasteiger partial charge in [0.1, 0.15) is 9.81 Å². The van der Waals surface area contributed by atoms with E-state index in [2.05, 4.69) is 5.32 Å². The van der Waals surface area contributed by atoms with E-state index in [1.807, 2.05) is 0 Å². The van der Waals surface area contributed by atoms with Crippen LogP contribution in [-0.2, 0) is 19.6 Å². The van der Waals surface area contributed by atoms with Crippen molar-refractivity contribution < 1.29 is 23.1 Å². The summed E-state index contributed by atoms with van der Waals surface area (Å²) >= 11 is 1.10. The third-order valence-electron chi connectivity index (χ3n) is 3.22. The number of hydrogen-bond acceptors (Lipinski definition) is 6. The van der Waals surface area contributed by atoms with Crippen molar-refractivity contribution in [3.8, 4) is 0 Å². The van der Waals surface area contributed by atoms with Crippen molar-refractivity contribution >= 4 is 27.3 Å². The molecule has 7 nitrogen and oxygen atoms in total. The molecular weight excluding hydrogens is 316 g/mol. The predicted octanol–water partition coefficient (Wildman–Crippen LogP) is -0.364. The first kappa shape index (κ1) is 16.4. The van der Waals surface area contributed by atoms with Crippen molar-refractivity contribution in [2.75, 3.05) is 33.4 Å². The van der Waals surface area contributed by atoms with Gasteiger partial charge in [0.05, 0.1) is 13.2 Å². The van der Waals surface area contributed by atoms with E-state index in [1.54, 1.807) is 11.4 Å². The zero-order chi connectivity index (χ0) is 15.5. The van der Waals surface area contributed by atoms with Crippen molar-refractivity contribution in [3.05, 3.63) is 17.5 Å². The second-order valence-corrected chi connectivity index (χ2v) is 8.22. The lowest BCUT2D eigenvalue weighted by molar-refractivity contribution is -0.122. The molecule has 2 rings (SSSR count). The van der Waals surface area contributed by atoms with Crippen molar-refractivity contribution in [2.24, 2.45) is 0 Å². The summed E-state index contributed by atoms with van der Waals surface area (Å²) in [6, 6.07) is 3.13. The molecule has 21 heavy (non-hydrogen) atoms. The SMILES string of the molecule is CN(CC(=O)NCC1(O)CCOC1)S(=O)(=O)c1cccs1. The number of rotatable bonds is 6. The lowest BCUT2D eigenvalue weighted by Crippen LogP contribution is -2.46. The summed E-state index contributed by atoms with van der Waals surface area (Å²) in [5.74, 6) is -0.460. The Morgan fingerprint density at radius 3 is 2.95 bits per heavy atom. The number of nitrogens with one attached hydrogen (secondary N) is 1. The first-order chi connectivity index (χ1) is 9.83. The van der Waals surface area contributed by atoms with Crippen LogP contribution >= 0.6 is 11.3 Å². The molecule has 0 saturated carbocycles. The quantitative estimate of drug-likeness (QED) is 0.740. The minimum absolute atomic E-state index is 0.0543. The average molecular weight is 334 g/mol. The van der Waals surface area contributed by atoms with Crippen molar-refractivity contribution in [2.45, 2.75) is 16.2 Å². The summed E-state index contributed by atoms with van der Waals surface area (Å²) in [6.07, 6.45) is 0.455. The van der Waals surface area contributed by atoms with Gasteiger partial charge in [-0.3, -0.25) is 4.79 Å². The van der Waals surface area contributed by atoms with Gasteiger partial charge >= 0.3 is 0 Å². The summed E-state index contributed by atoms with van der Waals surface area (Å²) in [7, 11) is -2.29. The van der Waals surface area contributed by atoms with Gasteiger partial charge in [-0.25, -0.2) is 8.42 Å². The first-order valence-corrected chi connectivity index (χ1v) is 8.72. The highest BCUT2D eigenvalue weighted by Gasteiger charge is 2.33. The van der Waals surface area contributed by atoms with Gasteiger partial charge in [-0.1, -0.05) is 6.07 Å². The molecule has 1 amide bonds. The van der Waals surface area contributed by atoms with Gasteiger partial charge < -0.3 is 15.2 Å². The Bertz CT molecular complexity index is 579. The Kier molecular flexibility index (Phi) is 4.99. The number of thiophene rings is 1. The van der Waals surface area contributed by atoms with E-state index in [1.165, 1.54) is 13.1 Å². The number of likely N-dealkylation sites (N-methyl/N-ethyl adjacent to an activating group) is 1. The normalized spacial score (nSPS) is 22.6. The van der Waals surface area contributed by atoms with Crippen LogP contribution in [0.5, 0.6) is 0 Å². The number of hydrogen-bond donors (Lipinski definition) is 2. The fourth-order valence-corrected chi connectivity index (χ4v) is 4.23. The van der Waals surface area contributed by atoms with Crippen LogP contribution < -0.4 is 5.32 Å². The molecule has 1 aromatic heterocycles. The number of carbonyl (C=O) groups excluding carboxylic acids is 1. The molecule has 0 aromatic carbocycles. The van der Waals surface area contributed by atoms with Crippen LogP contribution in [-0.4, -0.2) is 62.7 Å². The van der Waals surface area contributed by atoms with Gasteiger partial charge in [0.15, 0.2) is 0 Å². The molecule has 1 fully saturated rings. The lowest BCUT2D eigenvalue weighted by Gasteiger charge is -2.22. The molecule has 1 aliphatic heterocycles. The monoisotopic (exact) mass is 334 g/mol. The maximum absolute atomic E-state index is 12.1. The highest BCUT2D eigenvalue weighted by Crippen LogP contribution is 2.20. The lowest BCUT2D eigenvalue weighted by atomic mass is 10.0. The molecule has 0 aliphatic carbocycles. The second-order valence-electron chi connectivity index (χ2n) is 5.00. The molecule has 0 radical (unpaired) electrons. The fraction of sp³-hybridized carbons (Fsp3) is 0.583. The van der Waals surface area contributed by atoms with Gasteiger partial charge in [-0.15, -0.1) is 11.3 Å². The zero-order valence-corrected chi connectivity index (χ0v) is 13.2. The van der Waals surface area contributed by atoms with Gasteiger partial charge in [-0.05, 0) is 11.4 Å². The minimum Gasteiger partial charge on any atom is -0.386 e. The molecule has 118 valence electrons. The van der Waals surface area contributed by atoms with Gasteiger partial charge in [-0.2, -0.15) is 4.31 Å². The maximum atomic E-state index is 12.1. The molecule has 2 heterocycles. The highest BCUT2D eigenvalue weighted by atomic mass is 32.2. The number of ether oxygens (including phenoxy) is 1. The van der Waals surface area contributed by atoms with Gasteiger partial charge in [0.25, 0.3) is 10.0 Å². The summed E-state index contributed by atoms with van der Waals surface area (Å²) < 4.78 is 30.5. The standard InChI is InChI=1S/C12H18N2O5S2/c1-14(21(17,18)11-3-2-6-20-11)7-10(15)13-8-12(16)4-5-19-9-12/h2-3,6,16H,4-5,7-9H2,1H3,(H,13,15). The van der Waals surface area contributed by atoms with Crippen LogP contribution in [0.3, 0.4) is 0 Å². The van der Waals surface area contributed by atoms with Crippen molar-refractivity contribution in [3.63, 3.8) is 0 Å². The van der Waals surface area contributed by atoms with E-state index in [0.29, 0.717) is 13.0 Å². The van der Waals surface area contributed by atoms with E-state index in [0.717, 1.165) is 15.6 Å². The smallest absolute Gasteiger partial charge is 0.252 e. The van der Waals surface area contributed by atoms with E-state index in [9.17, 15) is 18.3 Å². The first-order valence-electron chi connectivity index (χ1n) is 6.40.